The average Bonchev–Trinajstić information content (AvgIpc) is 3.47. The smallest absolute Gasteiger partial charge is 0.266 e. The second-order valence-corrected chi connectivity index (χ2v) is 10.9. The van der Waals surface area contributed by atoms with Crippen LogP contribution >= 0.6 is 24.0 Å². The number of aromatic nitrogens is 1. The average molecular weight is 513 g/mol. The van der Waals surface area contributed by atoms with Gasteiger partial charge in [0, 0.05) is 38.0 Å². The van der Waals surface area contributed by atoms with Crippen molar-refractivity contribution in [1.29, 1.82) is 0 Å². The van der Waals surface area contributed by atoms with E-state index in [0.717, 1.165) is 29.4 Å². The Kier molecular flexibility index (Phi) is 6.69. The molecule has 0 spiro atoms. The van der Waals surface area contributed by atoms with Crippen molar-refractivity contribution in [2.75, 3.05) is 31.1 Å². The van der Waals surface area contributed by atoms with Gasteiger partial charge in [0.2, 0.25) is 5.91 Å². The van der Waals surface area contributed by atoms with Gasteiger partial charge in [-0.2, -0.15) is 0 Å². The molecule has 0 saturated carbocycles. The molecule has 3 aliphatic rings. The number of ether oxygens (including phenoxy) is 1. The van der Waals surface area contributed by atoms with Gasteiger partial charge >= 0.3 is 0 Å². The maximum atomic E-state index is 13.6. The van der Waals surface area contributed by atoms with Crippen molar-refractivity contribution in [3.05, 3.63) is 45.1 Å². The summed E-state index contributed by atoms with van der Waals surface area (Å²) in [4.78, 5) is 42.7. The monoisotopic (exact) mass is 512 g/mol. The fourth-order valence-corrected chi connectivity index (χ4v) is 6.40. The number of para-hydroxylation sites is 1. The molecule has 35 heavy (non-hydrogen) atoms. The van der Waals surface area contributed by atoms with Gasteiger partial charge in [-0.3, -0.25) is 19.3 Å². The number of hydrogen-bond donors (Lipinski definition) is 1. The van der Waals surface area contributed by atoms with Gasteiger partial charge in [0.15, 0.2) is 0 Å². The van der Waals surface area contributed by atoms with Crippen LogP contribution < -0.4 is 16.2 Å². The number of benzene rings is 1. The van der Waals surface area contributed by atoms with E-state index >= 15 is 0 Å². The number of fused-ring (bicyclic) bond motifs is 1. The van der Waals surface area contributed by atoms with Gasteiger partial charge in [0.1, 0.15) is 4.32 Å². The maximum absolute atomic E-state index is 13.6. The van der Waals surface area contributed by atoms with Crippen LogP contribution in [-0.2, 0) is 21.4 Å². The molecule has 3 aliphatic heterocycles. The van der Waals surface area contributed by atoms with Crippen LogP contribution in [0.25, 0.3) is 17.0 Å². The van der Waals surface area contributed by atoms with E-state index < -0.39 is 0 Å². The highest BCUT2D eigenvalue weighted by molar-refractivity contribution is 8.26. The Morgan fingerprint density at radius 3 is 2.66 bits per heavy atom. The number of nitrogens with two attached hydrogens (primary N) is 1. The summed E-state index contributed by atoms with van der Waals surface area (Å²) in [5.74, 6) is -0.640. The van der Waals surface area contributed by atoms with E-state index in [1.54, 1.807) is 22.6 Å². The Morgan fingerprint density at radius 1 is 1.23 bits per heavy atom. The minimum Gasteiger partial charge on any atom is -0.376 e. The van der Waals surface area contributed by atoms with E-state index in [0.29, 0.717) is 53.9 Å². The number of aryl methyl sites for hydroxylation is 1. The highest BCUT2D eigenvalue weighted by atomic mass is 32.2. The predicted octanol–water partition coefficient (Wildman–Crippen LogP) is 2.62. The summed E-state index contributed by atoms with van der Waals surface area (Å²) in [5.41, 5.74) is 7.42. The molecule has 1 aromatic carbocycles. The third-order valence-electron chi connectivity index (χ3n) is 7.08. The summed E-state index contributed by atoms with van der Waals surface area (Å²) in [5, 5.41) is 0.924. The third kappa shape index (κ3) is 4.50. The van der Waals surface area contributed by atoms with Gasteiger partial charge in [0.25, 0.3) is 11.5 Å². The zero-order chi connectivity index (χ0) is 24.7. The summed E-state index contributed by atoms with van der Waals surface area (Å²) < 4.78 is 7.80. The summed E-state index contributed by atoms with van der Waals surface area (Å²) >= 11 is 6.74. The van der Waals surface area contributed by atoms with Gasteiger partial charge in [-0.15, -0.1) is 0 Å². The fraction of sp³-hybridized carbons (Fsp3) is 0.440. The normalized spacial score (nSPS) is 22.7. The molecule has 5 rings (SSSR count). The van der Waals surface area contributed by atoms with Gasteiger partial charge in [-0.1, -0.05) is 42.2 Å². The van der Waals surface area contributed by atoms with Crippen LogP contribution in [0.5, 0.6) is 0 Å². The number of anilines is 1. The van der Waals surface area contributed by atoms with E-state index in [1.807, 2.05) is 24.3 Å². The van der Waals surface area contributed by atoms with E-state index in [1.165, 1.54) is 11.8 Å². The summed E-state index contributed by atoms with van der Waals surface area (Å²) in [6.07, 6.45) is 4.83. The number of primary amides is 1. The minimum absolute atomic E-state index is 0.00694. The number of thiocarbonyl (C=S) groups is 1. The van der Waals surface area contributed by atoms with Crippen LogP contribution in [0.15, 0.2) is 34.0 Å². The lowest BCUT2D eigenvalue weighted by Crippen LogP contribution is -2.40. The second-order valence-electron chi connectivity index (χ2n) is 9.23. The molecule has 0 radical (unpaired) electrons. The molecular formula is C25H28N4O4S2. The van der Waals surface area contributed by atoms with Gasteiger partial charge in [-0.05, 0) is 37.8 Å². The predicted molar refractivity (Wildman–Crippen MR) is 142 cm³/mol. The van der Waals surface area contributed by atoms with E-state index in [4.69, 9.17) is 22.7 Å². The first kappa shape index (κ1) is 24.0. The van der Waals surface area contributed by atoms with Crippen molar-refractivity contribution in [2.24, 2.45) is 18.7 Å². The number of amides is 2. The number of thioether (sulfide) groups is 1. The van der Waals surface area contributed by atoms with E-state index in [9.17, 15) is 14.4 Å². The molecule has 2 N–H and O–H groups in total. The summed E-state index contributed by atoms with van der Waals surface area (Å²) in [6.45, 7) is 2.35. The van der Waals surface area contributed by atoms with Crippen LogP contribution in [0.3, 0.4) is 0 Å². The SMILES string of the molecule is Cn1c(=O)c(C=C2SC(=S)N(CC3CCCO3)C2=O)c(N2CCC(C(N)=O)CC2)c2ccccc21. The molecule has 2 amide bonds. The lowest BCUT2D eigenvalue weighted by molar-refractivity contribution is -0.123. The topological polar surface area (TPSA) is 97.9 Å². The number of hydrogen-bond acceptors (Lipinski definition) is 7. The zero-order valence-electron chi connectivity index (χ0n) is 19.6. The maximum Gasteiger partial charge on any atom is 0.266 e. The Balaban J connectivity index is 1.56. The molecule has 8 nitrogen and oxygen atoms in total. The Bertz CT molecular complexity index is 1290. The van der Waals surface area contributed by atoms with Crippen LogP contribution in [0.2, 0.25) is 0 Å². The number of rotatable bonds is 5. The quantitative estimate of drug-likeness (QED) is 0.486. The Morgan fingerprint density at radius 2 is 1.97 bits per heavy atom. The van der Waals surface area contributed by atoms with Gasteiger partial charge in [0.05, 0.1) is 34.3 Å². The first-order chi connectivity index (χ1) is 16.8. The van der Waals surface area contributed by atoms with Crippen molar-refractivity contribution in [1.82, 2.24) is 9.47 Å². The molecule has 1 unspecified atom stereocenters. The van der Waals surface area contributed by atoms with Crippen molar-refractivity contribution in [2.45, 2.75) is 31.8 Å². The van der Waals surface area contributed by atoms with Crippen LogP contribution in [0, 0.1) is 5.92 Å². The molecule has 1 aromatic heterocycles. The highest BCUT2D eigenvalue weighted by Gasteiger charge is 2.35. The van der Waals surface area contributed by atoms with E-state index in [-0.39, 0.29) is 29.4 Å². The lowest BCUT2D eigenvalue weighted by atomic mass is 9.94. The number of pyridine rings is 1. The largest absolute Gasteiger partial charge is 0.376 e. The molecule has 0 aliphatic carbocycles. The van der Waals surface area contributed by atoms with Crippen LogP contribution in [0.4, 0.5) is 5.69 Å². The summed E-state index contributed by atoms with van der Waals surface area (Å²) in [7, 11) is 1.74. The van der Waals surface area contributed by atoms with Crippen molar-refractivity contribution >= 4 is 62.8 Å². The number of carbonyl (C=O) groups excluding carboxylic acids is 2. The molecule has 4 heterocycles. The van der Waals surface area contributed by atoms with Crippen molar-refractivity contribution < 1.29 is 14.3 Å². The number of piperidine rings is 1. The number of carbonyl (C=O) groups is 2. The Labute approximate surface area is 213 Å². The molecule has 10 heteroatoms. The van der Waals surface area contributed by atoms with Crippen LogP contribution in [-0.4, -0.2) is 57.9 Å². The summed E-state index contributed by atoms with van der Waals surface area (Å²) in [6, 6.07) is 7.75. The Hall–Kier alpha value is -2.69. The molecule has 0 bridgehead atoms. The highest BCUT2D eigenvalue weighted by Crippen LogP contribution is 2.37. The molecule has 184 valence electrons. The third-order valence-corrected chi connectivity index (χ3v) is 8.46. The second kappa shape index (κ2) is 9.75. The molecular weight excluding hydrogens is 484 g/mol. The minimum atomic E-state index is -0.284. The first-order valence-electron chi connectivity index (χ1n) is 11.9. The van der Waals surface area contributed by atoms with Gasteiger partial charge in [-0.25, -0.2) is 0 Å². The van der Waals surface area contributed by atoms with Crippen molar-refractivity contribution in [3.8, 4) is 0 Å². The molecule has 3 fully saturated rings. The lowest BCUT2D eigenvalue weighted by Gasteiger charge is -2.34. The zero-order valence-corrected chi connectivity index (χ0v) is 21.2. The fourth-order valence-electron chi connectivity index (χ4n) is 5.14. The standard InChI is InChI=1S/C25H28N4O4S2/c1-27-19-7-3-2-6-17(19)21(28-10-8-15(9-11-28)22(26)30)18(23(27)31)13-20-24(32)29(25(34)35-20)14-16-5-4-12-33-16/h2-3,6-7,13,15-16H,4-5,8-12,14H2,1H3,(H2,26,30). The van der Waals surface area contributed by atoms with E-state index in [2.05, 4.69) is 4.90 Å². The van der Waals surface area contributed by atoms with Gasteiger partial charge < -0.3 is 19.9 Å². The molecule has 2 aromatic rings. The van der Waals surface area contributed by atoms with Crippen LogP contribution in [0.1, 0.15) is 31.2 Å². The van der Waals surface area contributed by atoms with Crippen molar-refractivity contribution in [3.63, 3.8) is 0 Å². The molecule has 3 saturated heterocycles. The first-order valence-corrected chi connectivity index (χ1v) is 13.1. The number of nitrogens with zero attached hydrogens (tertiary/aromatic N) is 3. The molecule has 1 atom stereocenters.